The minimum Gasteiger partial charge on any atom is -0.481 e. The predicted molar refractivity (Wildman–Crippen MR) is 91.5 cm³/mol. The highest BCUT2D eigenvalue weighted by atomic mass is 16.4. The van der Waals surface area contributed by atoms with Crippen LogP contribution in [-0.4, -0.2) is 32.2 Å². The number of aromatic nitrogens is 2. The van der Waals surface area contributed by atoms with E-state index in [2.05, 4.69) is 45.4 Å². The number of fused-ring (bicyclic) bond motifs is 2. The Morgan fingerprint density at radius 1 is 1.25 bits per heavy atom. The summed E-state index contributed by atoms with van der Waals surface area (Å²) in [5, 5.41) is 17.4. The van der Waals surface area contributed by atoms with Crippen molar-refractivity contribution in [1.29, 1.82) is 0 Å². The average Bonchev–Trinajstić information content (AvgIpc) is 3.02. The first-order valence-corrected chi connectivity index (χ1v) is 8.13. The van der Waals surface area contributed by atoms with Gasteiger partial charge in [0.1, 0.15) is 0 Å². The lowest BCUT2D eigenvalue weighted by Gasteiger charge is -2.36. The summed E-state index contributed by atoms with van der Waals surface area (Å²) in [6, 6.07) is 14.6. The molecule has 1 atom stereocenters. The number of nitrogens with one attached hydrogen (secondary N) is 1. The van der Waals surface area contributed by atoms with Gasteiger partial charge in [-0.15, -0.1) is 0 Å². The second kappa shape index (κ2) is 6.09. The maximum absolute atomic E-state index is 11.3. The molecule has 0 aliphatic carbocycles. The molecule has 0 fully saturated rings. The van der Waals surface area contributed by atoms with Gasteiger partial charge in [0.2, 0.25) is 0 Å². The highest BCUT2D eigenvalue weighted by Gasteiger charge is 2.27. The number of carbonyl (C=O) groups is 1. The first kappa shape index (κ1) is 14.9. The molecule has 0 saturated carbocycles. The normalized spacial score (nSPS) is 17.8. The van der Waals surface area contributed by atoms with Crippen LogP contribution in [0.4, 0.5) is 0 Å². The van der Waals surface area contributed by atoms with Crippen molar-refractivity contribution in [3.63, 3.8) is 0 Å². The standard InChI is InChI=1S/C19H19N3O2/c23-19(24)9-17-8-14-3-1-2-4-16(14)12-22(17)11-13-5-6-15-10-20-21-18(15)7-13/h1-7,10,17H,8-9,11-12H2,(H,20,21)(H,23,24)/t17-/m0/s1. The van der Waals surface area contributed by atoms with Gasteiger partial charge in [-0.2, -0.15) is 5.10 Å². The van der Waals surface area contributed by atoms with Crippen molar-refractivity contribution < 1.29 is 9.90 Å². The van der Waals surface area contributed by atoms with Gasteiger partial charge in [0.15, 0.2) is 0 Å². The molecule has 4 rings (SSSR count). The molecular weight excluding hydrogens is 302 g/mol. The lowest BCUT2D eigenvalue weighted by atomic mass is 9.92. The molecule has 0 spiro atoms. The van der Waals surface area contributed by atoms with E-state index >= 15 is 0 Å². The van der Waals surface area contributed by atoms with Crippen molar-refractivity contribution in [3.05, 3.63) is 65.4 Å². The van der Waals surface area contributed by atoms with Crippen molar-refractivity contribution in [2.75, 3.05) is 0 Å². The third-order valence-electron chi connectivity index (χ3n) is 4.77. The molecule has 5 heteroatoms. The van der Waals surface area contributed by atoms with Gasteiger partial charge >= 0.3 is 5.97 Å². The first-order valence-electron chi connectivity index (χ1n) is 8.13. The zero-order valence-electron chi connectivity index (χ0n) is 13.3. The highest BCUT2D eigenvalue weighted by Crippen LogP contribution is 2.27. The van der Waals surface area contributed by atoms with Gasteiger partial charge in [0.05, 0.1) is 18.1 Å². The van der Waals surface area contributed by atoms with E-state index in [-0.39, 0.29) is 12.5 Å². The minimum atomic E-state index is -0.742. The summed E-state index contributed by atoms with van der Waals surface area (Å²) in [4.78, 5) is 13.5. The number of H-pyrrole nitrogens is 1. The average molecular weight is 321 g/mol. The van der Waals surface area contributed by atoms with Gasteiger partial charge < -0.3 is 5.11 Å². The number of rotatable bonds is 4. The summed E-state index contributed by atoms with van der Waals surface area (Å²) in [6.07, 6.45) is 2.76. The third-order valence-corrected chi connectivity index (χ3v) is 4.77. The minimum absolute atomic E-state index is 0.0230. The van der Waals surface area contributed by atoms with Gasteiger partial charge in [0, 0.05) is 24.5 Å². The molecule has 24 heavy (non-hydrogen) atoms. The molecule has 2 N–H and O–H groups in total. The molecule has 1 aromatic heterocycles. The smallest absolute Gasteiger partial charge is 0.304 e. The van der Waals surface area contributed by atoms with Crippen LogP contribution in [0, 0.1) is 0 Å². The van der Waals surface area contributed by atoms with Crippen LogP contribution in [0.3, 0.4) is 0 Å². The monoisotopic (exact) mass is 321 g/mol. The molecule has 122 valence electrons. The fourth-order valence-corrected chi connectivity index (χ4v) is 3.55. The summed E-state index contributed by atoms with van der Waals surface area (Å²) in [7, 11) is 0. The lowest BCUT2D eigenvalue weighted by Crippen LogP contribution is -2.41. The Morgan fingerprint density at radius 2 is 2.08 bits per heavy atom. The summed E-state index contributed by atoms with van der Waals surface area (Å²) in [6.45, 7) is 1.52. The van der Waals surface area contributed by atoms with Crippen LogP contribution in [0.15, 0.2) is 48.7 Å². The SMILES string of the molecule is O=C(O)C[C@@H]1Cc2ccccc2CN1Cc1ccc2cn[nH]c2c1. The van der Waals surface area contributed by atoms with Crippen LogP contribution in [0.1, 0.15) is 23.1 Å². The van der Waals surface area contributed by atoms with Crippen LogP contribution < -0.4 is 0 Å². The highest BCUT2D eigenvalue weighted by molar-refractivity contribution is 5.78. The molecule has 1 aliphatic heterocycles. The summed E-state index contributed by atoms with van der Waals surface area (Å²) in [5.74, 6) is -0.742. The Bertz CT molecular complexity index is 887. The number of carboxylic acids is 1. The van der Waals surface area contributed by atoms with Crippen LogP contribution in [0.2, 0.25) is 0 Å². The van der Waals surface area contributed by atoms with E-state index in [1.165, 1.54) is 16.7 Å². The van der Waals surface area contributed by atoms with E-state index in [9.17, 15) is 9.90 Å². The first-order chi connectivity index (χ1) is 11.7. The molecule has 0 unspecified atom stereocenters. The molecule has 0 amide bonds. The topological polar surface area (TPSA) is 69.2 Å². The van der Waals surface area contributed by atoms with Crippen molar-refractivity contribution in [3.8, 4) is 0 Å². The van der Waals surface area contributed by atoms with E-state index in [1.54, 1.807) is 0 Å². The van der Waals surface area contributed by atoms with E-state index < -0.39 is 5.97 Å². The zero-order valence-corrected chi connectivity index (χ0v) is 13.3. The van der Waals surface area contributed by atoms with Gasteiger partial charge in [0.25, 0.3) is 0 Å². The van der Waals surface area contributed by atoms with Crippen molar-refractivity contribution in [1.82, 2.24) is 15.1 Å². The van der Waals surface area contributed by atoms with E-state index in [0.717, 1.165) is 30.4 Å². The third kappa shape index (κ3) is 2.90. The maximum atomic E-state index is 11.3. The predicted octanol–water partition coefficient (Wildman–Crippen LogP) is 2.96. The number of carboxylic acid groups (broad SMARTS) is 1. The largest absolute Gasteiger partial charge is 0.481 e. The van der Waals surface area contributed by atoms with Gasteiger partial charge in [-0.1, -0.05) is 36.4 Å². The Kier molecular flexibility index (Phi) is 3.78. The second-order valence-corrected chi connectivity index (χ2v) is 6.42. The van der Waals surface area contributed by atoms with Crippen molar-refractivity contribution in [2.24, 2.45) is 0 Å². The quantitative estimate of drug-likeness (QED) is 0.775. The summed E-state index contributed by atoms with van der Waals surface area (Å²) in [5.41, 5.74) is 4.74. The van der Waals surface area contributed by atoms with Gasteiger partial charge in [-0.25, -0.2) is 0 Å². The van der Waals surface area contributed by atoms with Crippen LogP contribution >= 0.6 is 0 Å². The number of nitrogens with zero attached hydrogens (tertiary/aromatic N) is 2. The molecule has 0 radical (unpaired) electrons. The summed E-state index contributed by atoms with van der Waals surface area (Å²) < 4.78 is 0. The molecule has 0 bridgehead atoms. The molecule has 2 heterocycles. The summed E-state index contributed by atoms with van der Waals surface area (Å²) >= 11 is 0. The fourth-order valence-electron chi connectivity index (χ4n) is 3.55. The van der Waals surface area contributed by atoms with Gasteiger partial charge in [-0.3, -0.25) is 14.8 Å². The van der Waals surface area contributed by atoms with E-state index in [0.29, 0.717) is 0 Å². The maximum Gasteiger partial charge on any atom is 0.304 e. The van der Waals surface area contributed by atoms with Crippen molar-refractivity contribution >= 4 is 16.9 Å². The number of benzene rings is 2. The zero-order chi connectivity index (χ0) is 16.5. The van der Waals surface area contributed by atoms with Crippen molar-refractivity contribution in [2.45, 2.75) is 32.0 Å². The van der Waals surface area contributed by atoms with Crippen LogP contribution in [0.25, 0.3) is 10.9 Å². The Balaban J connectivity index is 1.61. The number of hydrogen-bond acceptors (Lipinski definition) is 3. The molecule has 1 aliphatic rings. The Hall–Kier alpha value is -2.66. The lowest BCUT2D eigenvalue weighted by molar-refractivity contribution is -0.138. The molecule has 2 aromatic carbocycles. The van der Waals surface area contributed by atoms with Crippen LogP contribution in [0.5, 0.6) is 0 Å². The second-order valence-electron chi connectivity index (χ2n) is 6.42. The molecule has 5 nitrogen and oxygen atoms in total. The Morgan fingerprint density at radius 3 is 2.92 bits per heavy atom. The number of aliphatic carboxylic acids is 1. The number of aromatic amines is 1. The Labute approximate surface area is 139 Å². The number of hydrogen-bond donors (Lipinski definition) is 2. The van der Waals surface area contributed by atoms with E-state index in [1.807, 2.05) is 18.3 Å². The molecular formula is C19H19N3O2. The van der Waals surface area contributed by atoms with E-state index in [4.69, 9.17) is 0 Å². The fraction of sp³-hybridized carbons (Fsp3) is 0.263. The molecule has 3 aromatic rings. The van der Waals surface area contributed by atoms with Crippen LogP contribution in [-0.2, 0) is 24.3 Å². The van der Waals surface area contributed by atoms with Gasteiger partial charge in [-0.05, 0) is 29.2 Å². The molecule has 0 saturated heterocycles.